The normalized spacial score (nSPS) is 10.1. The van der Waals surface area contributed by atoms with Crippen molar-refractivity contribution in [3.05, 3.63) is 46.3 Å². The average molecular weight is 307 g/mol. The lowest BCUT2D eigenvalue weighted by atomic mass is 10.2. The van der Waals surface area contributed by atoms with Crippen LogP contribution in [0.5, 0.6) is 5.88 Å². The van der Waals surface area contributed by atoms with E-state index in [1.807, 2.05) is 0 Å². The molecule has 8 nitrogen and oxygen atoms in total. The monoisotopic (exact) mass is 307 g/mol. The number of hydrogen-bond acceptors (Lipinski definition) is 7. The second-order valence-corrected chi connectivity index (χ2v) is 4.79. The fraction of sp³-hybridized carbons (Fsp3) is 0.0833. The summed E-state index contributed by atoms with van der Waals surface area (Å²) >= 11 is 1.03. The molecule has 1 N–H and O–H groups in total. The molecule has 0 amide bonds. The summed E-state index contributed by atoms with van der Waals surface area (Å²) in [6.45, 7) is 0. The second-order valence-electron chi connectivity index (χ2n) is 3.73. The fourth-order valence-corrected chi connectivity index (χ4v) is 2.36. The number of aromatic carboxylic acids is 1. The van der Waals surface area contributed by atoms with Gasteiger partial charge in [0.2, 0.25) is 0 Å². The first-order valence-electron chi connectivity index (χ1n) is 5.57. The lowest BCUT2D eigenvalue weighted by Crippen LogP contribution is -2.00. The number of methoxy groups -OCH3 is 1. The molecule has 0 spiro atoms. The maximum absolute atomic E-state index is 11.1. The van der Waals surface area contributed by atoms with Crippen molar-refractivity contribution in [1.82, 2.24) is 9.97 Å². The van der Waals surface area contributed by atoms with Crippen LogP contribution in [0.2, 0.25) is 0 Å². The van der Waals surface area contributed by atoms with Crippen LogP contribution in [-0.4, -0.2) is 33.1 Å². The van der Waals surface area contributed by atoms with E-state index in [1.54, 1.807) is 12.1 Å². The van der Waals surface area contributed by atoms with E-state index < -0.39 is 10.9 Å². The lowest BCUT2D eigenvalue weighted by Gasteiger charge is -2.05. The van der Waals surface area contributed by atoms with Gasteiger partial charge in [0.15, 0.2) is 5.03 Å². The molecule has 0 aliphatic heterocycles. The van der Waals surface area contributed by atoms with Crippen molar-refractivity contribution < 1.29 is 19.6 Å². The van der Waals surface area contributed by atoms with E-state index in [1.165, 1.54) is 25.6 Å². The third kappa shape index (κ3) is 3.26. The van der Waals surface area contributed by atoms with E-state index in [0.29, 0.717) is 4.90 Å². The number of hydrogen-bond donors (Lipinski definition) is 1. The minimum Gasteiger partial charge on any atom is -0.478 e. The maximum atomic E-state index is 11.1. The summed E-state index contributed by atoms with van der Waals surface area (Å²) in [4.78, 5) is 29.4. The van der Waals surface area contributed by atoms with E-state index in [0.717, 1.165) is 11.8 Å². The number of benzene rings is 1. The second kappa shape index (κ2) is 6.18. The zero-order chi connectivity index (χ0) is 15.4. The zero-order valence-electron chi connectivity index (χ0n) is 10.7. The van der Waals surface area contributed by atoms with Crippen LogP contribution < -0.4 is 4.74 Å². The molecule has 9 heteroatoms. The first kappa shape index (κ1) is 14.7. The summed E-state index contributed by atoms with van der Waals surface area (Å²) < 4.78 is 4.85. The fourth-order valence-electron chi connectivity index (χ4n) is 1.50. The van der Waals surface area contributed by atoms with Gasteiger partial charge in [-0.2, -0.15) is 4.98 Å². The van der Waals surface area contributed by atoms with Gasteiger partial charge in [0, 0.05) is 4.90 Å². The number of rotatable bonds is 5. The predicted molar refractivity (Wildman–Crippen MR) is 72.8 cm³/mol. The van der Waals surface area contributed by atoms with Crippen LogP contribution in [0.3, 0.4) is 0 Å². The lowest BCUT2D eigenvalue weighted by molar-refractivity contribution is -0.389. The topological polar surface area (TPSA) is 115 Å². The summed E-state index contributed by atoms with van der Waals surface area (Å²) in [6.07, 6.45) is 1.17. The molecule has 1 aromatic heterocycles. The Kier molecular flexibility index (Phi) is 4.33. The average Bonchev–Trinajstić information content (AvgIpc) is 2.47. The highest BCUT2D eigenvalue weighted by Gasteiger charge is 2.24. The number of ether oxygens (including phenoxy) is 1. The molecule has 2 aromatic rings. The molecule has 2 rings (SSSR count). The first-order chi connectivity index (χ1) is 10.0. The number of carbonyl (C=O) groups is 1. The molecule has 0 bridgehead atoms. The van der Waals surface area contributed by atoms with Crippen LogP contribution in [0.25, 0.3) is 0 Å². The Labute approximate surface area is 123 Å². The zero-order valence-corrected chi connectivity index (χ0v) is 11.5. The summed E-state index contributed by atoms with van der Waals surface area (Å²) in [6, 6.07) is 5.92. The Morgan fingerprint density at radius 1 is 1.33 bits per heavy atom. The Morgan fingerprint density at radius 3 is 2.52 bits per heavy atom. The molecule has 0 fully saturated rings. The smallest absolute Gasteiger partial charge is 0.363 e. The van der Waals surface area contributed by atoms with E-state index in [-0.39, 0.29) is 22.2 Å². The first-order valence-corrected chi connectivity index (χ1v) is 6.39. The summed E-state index contributed by atoms with van der Waals surface area (Å²) in [5, 5.41) is 20.0. The quantitative estimate of drug-likeness (QED) is 0.508. The largest absolute Gasteiger partial charge is 0.478 e. The molecule has 108 valence electrons. The van der Waals surface area contributed by atoms with Gasteiger partial charge in [0.05, 0.1) is 17.6 Å². The molecule has 0 saturated carbocycles. The van der Waals surface area contributed by atoms with Gasteiger partial charge in [-0.15, -0.1) is 0 Å². The summed E-state index contributed by atoms with van der Waals surface area (Å²) in [5.41, 5.74) is -0.193. The molecular formula is C12H9N3O5S. The van der Waals surface area contributed by atoms with Gasteiger partial charge in [-0.1, -0.05) is 11.8 Å². The maximum Gasteiger partial charge on any atom is 0.363 e. The molecule has 1 aromatic carbocycles. The van der Waals surface area contributed by atoms with Crippen molar-refractivity contribution >= 4 is 23.4 Å². The van der Waals surface area contributed by atoms with Crippen LogP contribution in [0.1, 0.15) is 10.4 Å². The van der Waals surface area contributed by atoms with Crippen molar-refractivity contribution in [2.45, 2.75) is 9.92 Å². The Balaban J connectivity index is 2.35. The van der Waals surface area contributed by atoms with Crippen LogP contribution in [0, 0.1) is 10.1 Å². The van der Waals surface area contributed by atoms with Gasteiger partial charge in [-0.3, -0.25) is 10.1 Å². The number of carboxylic acids is 1. The van der Waals surface area contributed by atoms with E-state index in [4.69, 9.17) is 9.84 Å². The predicted octanol–water partition coefficient (Wildman–Crippen LogP) is 2.24. The Hall–Kier alpha value is -2.68. The van der Waals surface area contributed by atoms with Crippen LogP contribution in [0.4, 0.5) is 5.69 Å². The van der Waals surface area contributed by atoms with Crippen molar-refractivity contribution in [3.63, 3.8) is 0 Å². The third-order valence-corrected chi connectivity index (χ3v) is 3.45. The molecule has 0 unspecified atom stereocenters. The highest BCUT2D eigenvalue weighted by Crippen LogP contribution is 2.37. The van der Waals surface area contributed by atoms with E-state index >= 15 is 0 Å². The molecule has 0 radical (unpaired) electrons. The third-order valence-electron chi connectivity index (χ3n) is 2.45. The number of nitrogens with zero attached hydrogens (tertiary/aromatic N) is 3. The van der Waals surface area contributed by atoms with E-state index in [2.05, 4.69) is 9.97 Å². The van der Waals surface area contributed by atoms with Crippen molar-refractivity contribution in [2.75, 3.05) is 7.11 Å². The van der Waals surface area contributed by atoms with Gasteiger partial charge in [0.1, 0.15) is 6.33 Å². The Morgan fingerprint density at radius 2 is 2.00 bits per heavy atom. The van der Waals surface area contributed by atoms with Crippen LogP contribution in [-0.2, 0) is 0 Å². The van der Waals surface area contributed by atoms with Crippen LogP contribution >= 0.6 is 11.8 Å². The SMILES string of the molecule is COc1ncnc(Sc2ccc(C(=O)O)cc2)c1[N+](=O)[O-]. The molecule has 0 saturated heterocycles. The van der Waals surface area contributed by atoms with Crippen molar-refractivity contribution in [2.24, 2.45) is 0 Å². The molecular weight excluding hydrogens is 298 g/mol. The summed E-state index contributed by atoms with van der Waals surface area (Å²) in [5.74, 6) is -1.17. The van der Waals surface area contributed by atoms with Gasteiger partial charge in [-0.25, -0.2) is 9.78 Å². The van der Waals surface area contributed by atoms with Gasteiger partial charge >= 0.3 is 11.7 Å². The van der Waals surface area contributed by atoms with Gasteiger partial charge < -0.3 is 9.84 Å². The Bertz CT molecular complexity index is 690. The summed E-state index contributed by atoms with van der Waals surface area (Å²) in [7, 11) is 1.28. The number of carboxylic acid groups (broad SMARTS) is 1. The number of nitro groups is 1. The van der Waals surface area contributed by atoms with E-state index in [9.17, 15) is 14.9 Å². The standard InChI is InChI=1S/C12H9N3O5S/c1-20-10-9(15(18)19)11(14-6-13-10)21-8-4-2-7(3-5-8)12(16)17/h2-6H,1H3,(H,16,17). The van der Waals surface area contributed by atoms with Crippen molar-refractivity contribution in [3.8, 4) is 5.88 Å². The van der Waals surface area contributed by atoms with Crippen molar-refractivity contribution in [1.29, 1.82) is 0 Å². The van der Waals surface area contributed by atoms with Crippen LogP contribution in [0.15, 0.2) is 40.5 Å². The highest BCUT2D eigenvalue weighted by molar-refractivity contribution is 7.99. The van der Waals surface area contributed by atoms with Gasteiger partial charge in [-0.05, 0) is 24.3 Å². The molecule has 0 atom stereocenters. The molecule has 21 heavy (non-hydrogen) atoms. The molecule has 1 heterocycles. The van der Waals surface area contributed by atoms with Gasteiger partial charge in [0.25, 0.3) is 5.88 Å². The minimum atomic E-state index is -1.04. The number of aromatic nitrogens is 2. The minimum absolute atomic E-state index is 0.120. The molecule has 0 aliphatic rings. The molecule has 0 aliphatic carbocycles. The highest BCUT2D eigenvalue weighted by atomic mass is 32.2.